The van der Waals surface area contributed by atoms with Gasteiger partial charge in [0.25, 0.3) is 5.91 Å². The van der Waals surface area contributed by atoms with Gasteiger partial charge < -0.3 is 14.8 Å². The summed E-state index contributed by atoms with van der Waals surface area (Å²) in [6.45, 7) is 7.29. The minimum Gasteiger partial charge on any atom is -0.479 e. The molecule has 1 unspecified atom stereocenters. The normalized spacial score (nSPS) is 11.7. The molecule has 0 heterocycles. The molecule has 138 valence electrons. The van der Waals surface area contributed by atoms with Crippen LogP contribution in [0, 0.1) is 6.92 Å². The van der Waals surface area contributed by atoms with Crippen LogP contribution in [0.25, 0.3) is 0 Å². The first kappa shape index (κ1) is 19.5. The predicted octanol–water partition coefficient (Wildman–Crippen LogP) is 4.07. The molecule has 0 aromatic heterocycles. The van der Waals surface area contributed by atoms with Gasteiger partial charge in [0, 0.05) is 5.69 Å². The Bertz CT molecular complexity index is 756. The van der Waals surface area contributed by atoms with Crippen LogP contribution in [0.1, 0.15) is 37.8 Å². The molecule has 26 heavy (non-hydrogen) atoms. The summed E-state index contributed by atoms with van der Waals surface area (Å²) in [5.74, 6) is -0.116. The lowest BCUT2D eigenvalue weighted by atomic mass is 9.98. The molecule has 0 aliphatic carbocycles. The molecule has 5 heteroatoms. The van der Waals surface area contributed by atoms with Crippen LogP contribution in [0.3, 0.4) is 0 Å². The van der Waals surface area contributed by atoms with E-state index in [-0.39, 0.29) is 18.4 Å². The molecule has 2 rings (SSSR count). The largest absolute Gasteiger partial charge is 0.479 e. The number of benzene rings is 2. The van der Waals surface area contributed by atoms with Crippen molar-refractivity contribution in [3.05, 3.63) is 59.7 Å². The fraction of sp³-hybridized carbons (Fsp3) is 0.333. The average molecular weight is 355 g/mol. The molecule has 0 saturated carbocycles. The number of anilines is 1. The van der Waals surface area contributed by atoms with E-state index in [1.54, 1.807) is 19.1 Å². The number of carbonyl (C=O) groups is 2. The summed E-state index contributed by atoms with van der Waals surface area (Å²) >= 11 is 0. The van der Waals surface area contributed by atoms with Crippen molar-refractivity contribution in [3.63, 3.8) is 0 Å². The maximum Gasteiger partial charge on any atom is 0.347 e. The molecule has 0 saturated heterocycles. The minimum absolute atomic E-state index is 0.270. The first-order valence-corrected chi connectivity index (χ1v) is 8.66. The van der Waals surface area contributed by atoms with E-state index in [9.17, 15) is 9.59 Å². The topological polar surface area (TPSA) is 64.6 Å². The van der Waals surface area contributed by atoms with Crippen molar-refractivity contribution in [3.8, 4) is 5.75 Å². The molecule has 0 bridgehead atoms. The molecule has 5 nitrogen and oxygen atoms in total. The van der Waals surface area contributed by atoms with Crippen LogP contribution >= 0.6 is 0 Å². The molecule has 1 amide bonds. The lowest BCUT2D eigenvalue weighted by molar-refractivity contribution is -0.153. The van der Waals surface area contributed by atoms with Gasteiger partial charge in [-0.3, -0.25) is 4.79 Å². The Hall–Kier alpha value is -2.82. The predicted molar refractivity (Wildman–Crippen MR) is 101 cm³/mol. The summed E-state index contributed by atoms with van der Waals surface area (Å²) in [5, 5.41) is 2.85. The van der Waals surface area contributed by atoms with Crippen LogP contribution in [0.5, 0.6) is 5.75 Å². The fourth-order valence-corrected chi connectivity index (χ4v) is 2.52. The first-order valence-electron chi connectivity index (χ1n) is 8.66. The molecule has 0 radical (unpaired) electrons. The number of hydrogen-bond acceptors (Lipinski definition) is 4. The Morgan fingerprint density at radius 3 is 2.35 bits per heavy atom. The Balaban J connectivity index is 1.90. The lowest BCUT2D eigenvalue weighted by Gasteiger charge is -2.17. The maximum atomic E-state index is 12.2. The van der Waals surface area contributed by atoms with E-state index in [0.717, 1.165) is 16.8 Å². The third kappa shape index (κ3) is 5.34. The van der Waals surface area contributed by atoms with E-state index in [4.69, 9.17) is 9.47 Å². The number of para-hydroxylation sites is 2. The molecular weight excluding hydrogens is 330 g/mol. The first-order chi connectivity index (χ1) is 12.4. The van der Waals surface area contributed by atoms with Gasteiger partial charge in [-0.15, -0.1) is 0 Å². The molecule has 0 aliphatic heterocycles. The number of hydrogen-bond donors (Lipinski definition) is 1. The van der Waals surface area contributed by atoms with Crippen molar-refractivity contribution in [2.45, 2.75) is 39.7 Å². The number of amides is 1. The monoisotopic (exact) mass is 355 g/mol. The van der Waals surface area contributed by atoms with E-state index < -0.39 is 12.1 Å². The Labute approximate surface area is 154 Å². The van der Waals surface area contributed by atoms with Gasteiger partial charge in [0.1, 0.15) is 5.75 Å². The highest BCUT2D eigenvalue weighted by molar-refractivity contribution is 5.94. The van der Waals surface area contributed by atoms with E-state index in [0.29, 0.717) is 5.75 Å². The fourth-order valence-electron chi connectivity index (χ4n) is 2.52. The van der Waals surface area contributed by atoms with Gasteiger partial charge in [0.2, 0.25) is 0 Å². The second-order valence-electron chi connectivity index (χ2n) is 6.42. The zero-order chi connectivity index (χ0) is 19.1. The maximum absolute atomic E-state index is 12.2. The highest BCUT2D eigenvalue weighted by atomic mass is 16.6. The molecule has 0 aliphatic rings. The second-order valence-corrected chi connectivity index (χ2v) is 6.42. The van der Waals surface area contributed by atoms with Gasteiger partial charge in [-0.1, -0.05) is 50.2 Å². The second kappa shape index (κ2) is 9.04. The van der Waals surface area contributed by atoms with Crippen molar-refractivity contribution in [2.24, 2.45) is 0 Å². The number of esters is 1. The summed E-state index contributed by atoms with van der Waals surface area (Å²) < 4.78 is 10.6. The lowest BCUT2D eigenvalue weighted by Crippen LogP contribution is -2.30. The number of ether oxygens (including phenoxy) is 2. The minimum atomic E-state index is -0.796. The van der Waals surface area contributed by atoms with Gasteiger partial charge in [0.15, 0.2) is 12.7 Å². The zero-order valence-corrected chi connectivity index (χ0v) is 15.6. The summed E-state index contributed by atoms with van der Waals surface area (Å²) in [6.07, 6.45) is -0.796. The van der Waals surface area contributed by atoms with Crippen LogP contribution in [-0.4, -0.2) is 24.6 Å². The Morgan fingerprint density at radius 1 is 1.00 bits per heavy atom. The van der Waals surface area contributed by atoms with E-state index in [1.807, 2.05) is 43.3 Å². The van der Waals surface area contributed by atoms with E-state index in [1.165, 1.54) is 0 Å². The number of nitrogens with one attached hydrogen (secondary N) is 1. The van der Waals surface area contributed by atoms with Crippen molar-refractivity contribution in [1.29, 1.82) is 0 Å². The van der Waals surface area contributed by atoms with Gasteiger partial charge in [-0.25, -0.2) is 4.79 Å². The summed E-state index contributed by atoms with van der Waals surface area (Å²) in [7, 11) is 0. The molecule has 0 fully saturated rings. The smallest absolute Gasteiger partial charge is 0.347 e. The highest BCUT2D eigenvalue weighted by Gasteiger charge is 2.18. The van der Waals surface area contributed by atoms with E-state index >= 15 is 0 Å². The van der Waals surface area contributed by atoms with Gasteiger partial charge in [-0.05, 0) is 43.0 Å². The number of rotatable bonds is 7. The number of carbonyl (C=O) groups excluding carboxylic acids is 2. The third-order valence-electron chi connectivity index (χ3n) is 3.92. The van der Waals surface area contributed by atoms with Crippen LogP contribution in [-0.2, 0) is 14.3 Å². The third-order valence-corrected chi connectivity index (χ3v) is 3.92. The van der Waals surface area contributed by atoms with Crippen LogP contribution in [0.2, 0.25) is 0 Å². The van der Waals surface area contributed by atoms with Gasteiger partial charge in [-0.2, -0.15) is 0 Å². The molecule has 2 aromatic rings. The molecule has 0 spiro atoms. The molecular formula is C21H25NO4. The zero-order valence-electron chi connectivity index (χ0n) is 15.6. The summed E-state index contributed by atoms with van der Waals surface area (Å²) in [5.41, 5.74) is 2.79. The van der Waals surface area contributed by atoms with E-state index in [2.05, 4.69) is 19.2 Å². The Kier molecular flexibility index (Phi) is 6.78. The van der Waals surface area contributed by atoms with Crippen molar-refractivity contribution < 1.29 is 19.1 Å². The van der Waals surface area contributed by atoms with Crippen LogP contribution in [0.4, 0.5) is 5.69 Å². The van der Waals surface area contributed by atoms with Gasteiger partial charge in [0.05, 0.1) is 0 Å². The SMILES string of the molecule is Cc1cccc(C(C)C)c1NC(=O)COC(=O)C(C)Oc1ccccc1. The van der Waals surface area contributed by atoms with Crippen molar-refractivity contribution in [1.82, 2.24) is 0 Å². The molecule has 1 atom stereocenters. The van der Waals surface area contributed by atoms with Crippen molar-refractivity contribution >= 4 is 17.6 Å². The van der Waals surface area contributed by atoms with Gasteiger partial charge >= 0.3 is 5.97 Å². The quantitative estimate of drug-likeness (QED) is 0.761. The van der Waals surface area contributed by atoms with Crippen LogP contribution < -0.4 is 10.1 Å². The average Bonchev–Trinajstić information content (AvgIpc) is 2.62. The molecule has 1 N–H and O–H groups in total. The highest BCUT2D eigenvalue weighted by Crippen LogP contribution is 2.27. The summed E-state index contributed by atoms with van der Waals surface area (Å²) in [6, 6.07) is 14.9. The number of aryl methyl sites for hydroxylation is 1. The standard InChI is InChI=1S/C21H25NO4/c1-14(2)18-12-8-9-15(3)20(18)22-19(23)13-25-21(24)16(4)26-17-10-6-5-7-11-17/h5-12,14,16H,13H2,1-4H3,(H,22,23). The molecule has 2 aromatic carbocycles. The van der Waals surface area contributed by atoms with Crippen molar-refractivity contribution in [2.75, 3.05) is 11.9 Å². The Morgan fingerprint density at radius 2 is 1.69 bits per heavy atom. The summed E-state index contributed by atoms with van der Waals surface area (Å²) in [4.78, 5) is 24.2. The van der Waals surface area contributed by atoms with Crippen LogP contribution in [0.15, 0.2) is 48.5 Å².